The maximum absolute atomic E-state index is 9.17. The van der Waals surface area contributed by atoms with E-state index in [4.69, 9.17) is 0 Å². The standard InChI is InChI=1S/C11H9BBrNO2/c13-10-9(12(15)16)6-7-14-11(10)8-4-2-1-3-5-8/h1-7,15-16H. The average molecular weight is 278 g/mol. The number of hydrogen-bond acceptors (Lipinski definition) is 3. The molecule has 0 bridgehead atoms. The van der Waals surface area contributed by atoms with Gasteiger partial charge >= 0.3 is 7.12 Å². The molecule has 5 heteroatoms. The lowest BCUT2D eigenvalue weighted by atomic mass is 9.80. The van der Waals surface area contributed by atoms with Crippen LogP contribution in [0.3, 0.4) is 0 Å². The van der Waals surface area contributed by atoms with Crippen molar-refractivity contribution < 1.29 is 10.0 Å². The van der Waals surface area contributed by atoms with Gasteiger partial charge in [-0.1, -0.05) is 30.3 Å². The summed E-state index contributed by atoms with van der Waals surface area (Å²) in [5.41, 5.74) is 2.04. The highest BCUT2D eigenvalue weighted by Gasteiger charge is 2.18. The highest BCUT2D eigenvalue weighted by molar-refractivity contribution is 9.10. The topological polar surface area (TPSA) is 53.4 Å². The van der Waals surface area contributed by atoms with Crippen LogP contribution >= 0.6 is 15.9 Å². The Balaban J connectivity index is 2.55. The van der Waals surface area contributed by atoms with Crippen LogP contribution in [-0.2, 0) is 0 Å². The molecule has 1 aromatic carbocycles. The van der Waals surface area contributed by atoms with E-state index in [2.05, 4.69) is 20.9 Å². The Kier molecular flexibility index (Phi) is 3.38. The van der Waals surface area contributed by atoms with E-state index in [0.29, 0.717) is 15.6 Å². The van der Waals surface area contributed by atoms with Gasteiger partial charge in [0, 0.05) is 16.2 Å². The third kappa shape index (κ3) is 2.16. The molecule has 0 spiro atoms. The molecule has 2 N–H and O–H groups in total. The van der Waals surface area contributed by atoms with Gasteiger partial charge in [-0.25, -0.2) is 0 Å². The smallest absolute Gasteiger partial charge is 0.423 e. The van der Waals surface area contributed by atoms with Crippen molar-refractivity contribution in [3.05, 3.63) is 47.1 Å². The van der Waals surface area contributed by atoms with Crippen molar-refractivity contribution in [2.45, 2.75) is 0 Å². The average Bonchev–Trinajstić information content (AvgIpc) is 2.30. The monoisotopic (exact) mass is 277 g/mol. The van der Waals surface area contributed by atoms with Crippen LogP contribution in [-0.4, -0.2) is 22.2 Å². The van der Waals surface area contributed by atoms with Gasteiger partial charge in [0.25, 0.3) is 0 Å². The predicted molar refractivity (Wildman–Crippen MR) is 67.2 cm³/mol. The zero-order valence-electron chi connectivity index (χ0n) is 8.34. The largest absolute Gasteiger partial charge is 0.489 e. The molecule has 0 aliphatic heterocycles. The van der Waals surface area contributed by atoms with Crippen LogP contribution in [0, 0.1) is 0 Å². The first-order valence-corrected chi connectivity index (χ1v) is 5.55. The van der Waals surface area contributed by atoms with Crippen molar-refractivity contribution in [3.63, 3.8) is 0 Å². The highest BCUT2D eigenvalue weighted by Crippen LogP contribution is 2.23. The lowest BCUT2D eigenvalue weighted by molar-refractivity contribution is 0.425. The molecule has 0 saturated carbocycles. The first kappa shape index (κ1) is 11.3. The van der Waals surface area contributed by atoms with Crippen molar-refractivity contribution in [1.82, 2.24) is 4.98 Å². The highest BCUT2D eigenvalue weighted by atomic mass is 79.9. The summed E-state index contributed by atoms with van der Waals surface area (Å²) in [5.74, 6) is 0. The minimum absolute atomic E-state index is 0.411. The van der Waals surface area contributed by atoms with E-state index in [0.717, 1.165) is 5.56 Å². The number of benzene rings is 1. The maximum atomic E-state index is 9.17. The van der Waals surface area contributed by atoms with Crippen molar-refractivity contribution in [3.8, 4) is 11.3 Å². The van der Waals surface area contributed by atoms with Gasteiger partial charge in [0.05, 0.1) is 5.69 Å². The van der Waals surface area contributed by atoms with Gasteiger partial charge in [-0.05, 0) is 27.5 Å². The molecule has 2 rings (SSSR count). The van der Waals surface area contributed by atoms with E-state index >= 15 is 0 Å². The van der Waals surface area contributed by atoms with Crippen LogP contribution in [0.15, 0.2) is 47.1 Å². The van der Waals surface area contributed by atoms with Crippen molar-refractivity contribution in [1.29, 1.82) is 0 Å². The van der Waals surface area contributed by atoms with Gasteiger partial charge < -0.3 is 10.0 Å². The number of rotatable bonds is 2. The van der Waals surface area contributed by atoms with Gasteiger partial charge in [0.2, 0.25) is 0 Å². The van der Waals surface area contributed by atoms with Gasteiger partial charge in [0.15, 0.2) is 0 Å². The zero-order chi connectivity index (χ0) is 11.5. The normalized spacial score (nSPS) is 10.2. The summed E-state index contributed by atoms with van der Waals surface area (Å²) in [7, 11) is -1.50. The van der Waals surface area contributed by atoms with Crippen LogP contribution < -0.4 is 5.46 Å². The fourth-order valence-electron chi connectivity index (χ4n) is 1.46. The Bertz CT molecular complexity index is 491. The zero-order valence-corrected chi connectivity index (χ0v) is 9.92. The summed E-state index contributed by atoms with van der Waals surface area (Å²) >= 11 is 3.34. The quantitative estimate of drug-likeness (QED) is 0.811. The van der Waals surface area contributed by atoms with E-state index < -0.39 is 7.12 Å². The summed E-state index contributed by atoms with van der Waals surface area (Å²) in [6.07, 6.45) is 1.56. The second-order valence-electron chi connectivity index (χ2n) is 3.30. The Morgan fingerprint density at radius 1 is 1.06 bits per heavy atom. The number of nitrogens with zero attached hydrogens (tertiary/aromatic N) is 1. The van der Waals surface area contributed by atoms with E-state index in [1.165, 1.54) is 0 Å². The molecule has 0 radical (unpaired) electrons. The fraction of sp³-hybridized carbons (Fsp3) is 0. The van der Waals surface area contributed by atoms with E-state index in [1.807, 2.05) is 30.3 Å². The predicted octanol–water partition coefficient (Wildman–Crippen LogP) is 1.19. The Labute approximate surface area is 102 Å². The summed E-state index contributed by atoms with van der Waals surface area (Å²) in [6, 6.07) is 11.1. The Morgan fingerprint density at radius 3 is 2.38 bits per heavy atom. The van der Waals surface area contributed by atoms with Gasteiger partial charge in [0.1, 0.15) is 0 Å². The molecule has 0 aliphatic carbocycles. The molecule has 1 heterocycles. The summed E-state index contributed by atoms with van der Waals surface area (Å²) in [6.45, 7) is 0. The van der Waals surface area contributed by atoms with Crippen LogP contribution in [0.25, 0.3) is 11.3 Å². The van der Waals surface area contributed by atoms with Crippen molar-refractivity contribution >= 4 is 28.5 Å². The first-order valence-electron chi connectivity index (χ1n) is 4.76. The van der Waals surface area contributed by atoms with Crippen LogP contribution in [0.1, 0.15) is 0 Å². The third-order valence-electron chi connectivity index (χ3n) is 2.24. The molecule has 1 aromatic heterocycles. The van der Waals surface area contributed by atoms with E-state index in [1.54, 1.807) is 12.3 Å². The molecule has 16 heavy (non-hydrogen) atoms. The molecule has 0 amide bonds. The SMILES string of the molecule is OB(O)c1ccnc(-c2ccccc2)c1Br. The van der Waals surface area contributed by atoms with Crippen molar-refractivity contribution in [2.24, 2.45) is 0 Å². The molecule has 80 valence electrons. The van der Waals surface area contributed by atoms with Crippen LogP contribution in [0.4, 0.5) is 0 Å². The number of aromatic nitrogens is 1. The minimum atomic E-state index is -1.50. The molecule has 0 saturated heterocycles. The number of pyridine rings is 1. The molecular weight excluding hydrogens is 269 g/mol. The number of halogens is 1. The second-order valence-corrected chi connectivity index (χ2v) is 4.10. The molecule has 3 nitrogen and oxygen atoms in total. The third-order valence-corrected chi connectivity index (χ3v) is 3.08. The molecule has 0 unspecified atom stereocenters. The van der Waals surface area contributed by atoms with Crippen molar-refractivity contribution in [2.75, 3.05) is 0 Å². The second kappa shape index (κ2) is 4.78. The molecule has 2 aromatic rings. The summed E-state index contributed by atoms with van der Waals surface area (Å²) < 4.78 is 0.608. The van der Waals surface area contributed by atoms with Gasteiger partial charge in [-0.3, -0.25) is 4.98 Å². The Morgan fingerprint density at radius 2 is 1.75 bits per heavy atom. The van der Waals surface area contributed by atoms with Crippen LogP contribution in [0.2, 0.25) is 0 Å². The molecule has 0 fully saturated rings. The molecule has 0 atom stereocenters. The van der Waals surface area contributed by atoms with Gasteiger partial charge in [-0.2, -0.15) is 0 Å². The van der Waals surface area contributed by atoms with E-state index in [-0.39, 0.29) is 0 Å². The lowest BCUT2D eigenvalue weighted by Gasteiger charge is -2.08. The fourth-order valence-corrected chi connectivity index (χ4v) is 2.12. The molecular formula is C11H9BBrNO2. The lowest BCUT2D eigenvalue weighted by Crippen LogP contribution is -2.31. The first-order chi connectivity index (χ1) is 7.70. The maximum Gasteiger partial charge on any atom is 0.489 e. The number of hydrogen-bond donors (Lipinski definition) is 2. The van der Waals surface area contributed by atoms with Crippen LogP contribution in [0.5, 0.6) is 0 Å². The summed E-state index contributed by atoms with van der Waals surface area (Å²) in [5, 5.41) is 18.3. The van der Waals surface area contributed by atoms with Gasteiger partial charge in [-0.15, -0.1) is 0 Å². The van der Waals surface area contributed by atoms with E-state index in [9.17, 15) is 10.0 Å². The minimum Gasteiger partial charge on any atom is -0.423 e. The Hall–Kier alpha value is -1.17. The summed E-state index contributed by atoms with van der Waals surface area (Å²) in [4.78, 5) is 4.22. The molecule has 0 aliphatic rings.